The number of amides is 2. The lowest BCUT2D eigenvalue weighted by molar-refractivity contribution is -0.120. The van der Waals surface area contributed by atoms with Crippen molar-refractivity contribution in [3.63, 3.8) is 0 Å². The number of benzene rings is 3. The van der Waals surface area contributed by atoms with E-state index in [1.807, 2.05) is 61.5 Å². The summed E-state index contributed by atoms with van der Waals surface area (Å²) in [5, 5.41) is 3.53. The summed E-state index contributed by atoms with van der Waals surface area (Å²) in [6.07, 6.45) is 0. The van der Waals surface area contributed by atoms with Gasteiger partial charge in [0, 0.05) is 10.6 Å². The molecule has 0 atom stereocenters. The first kappa shape index (κ1) is 19.3. The number of rotatable bonds is 5. The molecule has 1 aliphatic heterocycles. The first-order chi connectivity index (χ1) is 14.1. The second kappa shape index (κ2) is 8.15. The molecule has 0 saturated heterocycles. The molecule has 0 saturated carbocycles. The molecule has 0 aliphatic carbocycles. The molecule has 1 heterocycles. The zero-order chi connectivity index (χ0) is 20.4. The summed E-state index contributed by atoms with van der Waals surface area (Å²) in [5.74, 6) is -0.821. The third-order valence-corrected chi connectivity index (χ3v) is 5.91. The molecule has 0 bridgehead atoms. The Balaban J connectivity index is 1.78. The molecular weight excluding hydrogens is 404 g/mol. The number of nitrogens with zero attached hydrogens (tertiary/aromatic N) is 1. The largest absolute Gasteiger partial charge is 0.350 e. The van der Waals surface area contributed by atoms with Crippen LogP contribution in [-0.4, -0.2) is 11.8 Å². The Morgan fingerprint density at radius 2 is 1.48 bits per heavy atom. The highest BCUT2D eigenvalue weighted by atomic mass is 35.5. The highest BCUT2D eigenvalue weighted by Gasteiger charge is 2.41. The maximum atomic E-state index is 13.3. The molecular formula is C23H17ClN2O2S. The predicted octanol–water partition coefficient (Wildman–Crippen LogP) is 5.64. The fourth-order valence-corrected chi connectivity index (χ4v) is 4.19. The normalized spacial score (nSPS) is 13.9. The molecule has 0 aromatic heterocycles. The SMILES string of the molecule is Cc1ccccc1NC1=C(Sc2ccccc2)C(=O)N(c2ccccc2Cl)C1=O. The van der Waals surface area contributed by atoms with Crippen LogP contribution in [0.25, 0.3) is 0 Å². The highest BCUT2D eigenvalue weighted by molar-refractivity contribution is 8.04. The van der Waals surface area contributed by atoms with Crippen LogP contribution in [0.5, 0.6) is 0 Å². The molecule has 0 spiro atoms. The van der Waals surface area contributed by atoms with Gasteiger partial charge in [0.05, 0.1) is 10.7 Å². The Kier molecular flexibility index (Phi) is 5.43. The van der Waals surface area contributed by atoms with Crippen LogP contribution in [0.15, 0.2) is 94.4 Å². The minimum Gasteiger partial charge on any atom is -0.350 e. The summed E-state index contributed by atoms with van der Waals surface area (Å²) >= 11 is 7.55. The van der Waals surface area contributed by atoms with E-state index in [1.54, 1.807) is 24.3 Å². The second-order valence-electron chi connectivity index (χ2n) is 6.46. The fraction of sp³-hybridized carbons (Fsp3) is 0.0435. The number of para-hydroxylation sites is 2. The molecule has 6 heteroatoms. The Labute approximate surface area is 178 Å². The summed E-state index contributed by atoms with van der Waals surface area (Å²) < 4.78 is 0. The van der Waals surface area contributed by atoms with Crippen LogP contribution >= 0.6 is 23.4 Å². The average Bonchev–Trinajstić information content (AvgIpc) is 2.95. The van der Waals surface area contributed by atoms with Crippen molar-refractivity contribution in [1.29, 1.82) is 0 Å². The quantitative estimate of drug-likeness (QED) is 0.543. The molecule has 3 aromatic carbocycles. The summed E-state index contributed by atoms with van der Waals surface area (Å²) in [6, 6.07) is 24.0. The molecule has 1 aliphatic rings. The molecule has 0 unspecified atom stereocenters. The van der Waals surface area contributed by atoms with Crippen molar-refractivity contribution in [3.8, 4) is 0 Å². The Bertz CT molecular complexity index is 1130. The molecule has 4 rings (SSSR count). The van der Waals surface area contributed by atoms with E-state index in [9.17, 15) is 9.59 Å². The van der Waals surface area contributed by atoms with Gasteiger partial charge in [-0.05, 0) is 42.8 Å². The third-order valence-electron chi connectivity index (χ3n) is 4.50. The van der Waals surface area contributed by atoms with E-state index in [0.29, 0.717) is 15.6 Å². The van der Waals surface area contributed by atoms with Crippen LogP contribution in [0.2, 0.25) is 5.02 Å². The van der Waals surface area contributed by atoms with Gasteiger partial charge in [0.15, 0.2) is 0 Å². The molecule has 144 valence electrons. The lowest BCUT2D eigenvalue weighted by Crippen LogP contribution is -2.32. The minimum absolute atomic E-state index is 0.248. The number of carbonyl (C=O) groups is 2. The van der Waals surface area contributed by atoms with Gasteiger partial charge in [0.25, 0.3) is 11.8 Å². The molecule has 1 N–H and O–H groups in total. The first-order valence-corrected chi connectivity index (χ1v) is 10.2. The van der Waals surface area contributed by atoms with E-state index in [2.05, 4.69) is 5.32 Å². The summed E-state index contributed by atoms with van der Waals surface area (Å²) in [6.45, 7) is 1.94. The maximum absolute atomic E-state index is 13.3. The standard InChI is InChI=1S/C23H17ClN2O2S/c1-15-9-5-7-13-18(15)25-20-21(29-16-10-3-2-4-11-16)23(28)26(22(20)27)19-14-8-6-12-17(19)24/h2-14,25H,1H3. The number of thioether (sulfide) groups is 1. The van der Waals surface area contributed by atoms with Gasteiger partial charge in [-0.2, -0.15) is 0 Å². The zero-order valence-corrected chi connectivity index (χ0v) is 17.1. The van der Waals surface area contributed by atoms with Crippen molar-refractivity contribution in [2.75, 3.05) is 10.2 Å². The zero-order valence-electron chi connectivity index (χ0n) is 15.6. The summed E-state index contributed by atoms with van der Waals surface area (Å²) in [5.41, 5.74) is 2.37. The molecule has 0 fully saturated rings. The Morgan fingerprint density at radius 3 is 2.21 bits per heavy atom. The van der Waals surface area contributed by atoms with Crippen molar-refractivity contribution >= 4 is 46.6 Å². The van der Waals surface area contributed by atoms with Gasteiger partial charge < -0.3 is 5.32 Å². The number of carbonyl (C=O) groups excluding carboxylic acids is 2. The van der Waals surface area contributed by atoms with Crippen molar-refractivity contribution in [2.24, 2.45) is 0 Å². The Hall–Kier alpha value is -3.02. The summed E-state index contributed by atoms with van der Waals surface area (Å²) in [4.78, 5) is 28.9. The number of aryl methyl sites for hydroxylation is 1. The highest BCUT2D eigenvalue weighted by Crippen LogP contribution is 2.39. The molecule has 4 nitrogen and oxygen atoms in total. The third kappa shape index (κ3) is 3.79. The van der Waals surface area contributed by atoms with E-state index in [-0.39, 0.29) is 5.70 Å². The van der Waals surface area contributed by atoms with E-state index in [0.717, 1.165) is 21.0 Å². The lowest BCUT2D eigenvalue weighted by Gasteiger charge is -2.16. The fourth-order valence-electron chi connectivity index (χ4n) is 3.02. The Morgan fingerprint density at radius 1 is 0.828 bits per heavy atom. The van der Waals surface area contributed by atoms with Crippen molar-refractivity contribution in [3.05, 3.63) is 100 Å². The summed E-state index contributed by atoms with van der Waals surface area (Å²) in [7, 11) is 0. The van der Waals surface area contributed by atoms with Crippen LogP contribution in [0, 0.1) is 6.92 Å². The lowest BCUT2D eigenvalue weighted by atomic mass is 10.2. The van der Waals surface area contributed by atoms with Crippen LogP contribution in [-0.2, 0) is 9.59 Å². The first-order valence-electron chi connectivity index (χ1n) is 8.99. The van der Waals surface area contributed by atoms with Crippen molar-refractivity contribution < 1.29 is 9.59 Å². The van der Waals surface area contributed by atoms with Crippen LogP contribution in [0.3, 0.4) is 0 Å². The molecule has 3 aromatic rings. The van der Waals surface area contributed by atoms with Crippen LogP contribution < -0.4 is 10.2 Å². The number of nitrogens with one attached hydrogen (secondary N) is 1. The molecule has 2 amide bonds. The monoisotopic (exact) mass is 420 g/mol. The molecule has 29 heavy (non-hydrogen) atoms. The second-order valence-corrected chi connectivity index (χ2v) is 7.95. The van der Waals surface area contributed by atoms with Gasteiger partial charge in [-0.25, -0.2) is 4.90 Å². The van der Waals surface area contributed by atoms with Gasteiger partial charge in [-0.1, -0.05) is 71.9 Å². The number of anilines is 2. The van der Waals surface area contributed by atoms with E-state index < -0.39 is 11.8 Å². The average molecular weight is 421 g/mol. The van der Waals surface area contributed by atoms with E-state index in [1.165, 1.54) is 11.8 Å². The smallest absolute Gasteiger partial charge is 0.283 e. The van der Waals surface area contributed by atoms with Crippen molar-refractivity contribution in [1.82, 2.24) is 0 Å². The van der Waals surface area contributed by atoms with Gasteiger partial charge in [-0.3, -0.25) is 9.59 Å². The number of hydrogen-bond donors (Lipinski definition) is 1. The van der Waals surface area contributed by atoms with E-state index >= 15 is 0 Å². The van der Waals surface area contributed by atoms with Gasteiger partial charge >= 0.3 is 0 Å². The van der Waals surface area contributed by atoms with E-state index in [4.69, 9.17) is 11.6 Å². The number of halogens is 1. The van der Waals surface area contributed by atoms with Gasteiger partial charge in [0.2, 0.25) is 0 Å². The topological polar surface area (TPSA) is 49.4 Å². The minimum atomic E-state index is -0.426. The van der Waals surface area contributed by atoms with Crippen LogP contribution in [0.1, 0.15) is 5.56 Å². The van der Waals surface area contributed by atoms with Crippen LogP contribution in [0.4, 0.5) is 11.4 Å². The van der Waals surface area contributed by atoms with Gasteiger partial charge in [-0.15, -0.1) is 0 Å². The van der Waals surface area contributed by atoms with Crippen molar-refractivity contribution in [2.45, 2.75) is 11.8 Å². The number of imide groups is 1. The maximum Gasteiger partial charge on any atom is 0.283 e. The predicted molar refractivity (Wildman–Crippen MR) is 118 cm³/mol. The van der Waals surface area contributed by atoms with Gasteiger partial charge in [0.1, 0.15) is 10.6 Å². The number of hydrogen-bond acceptors (Lipinski definition) is 4. The molecule has 0 radical (unpaired) electrons.